The first-order valence-corrected chi connectivity index (χ1v) is 11.0. The van der Waals surface area contributed by atoms with E-state index in [9.17, 15) is 9.59 Å². The summed E-state index contributed by atoms with van der Waals surface area (Å²) in [6.07, 6.45) is 3.14. The normalized spacial score (nSPS) is 10.9. The van der Waals surface area contributed by atoms with Crippen LogP contribution < -0.4 is 10.6 Å². The third-order valence-corrected chi connectivity index (χ3v) is 5.69. The van der Waals surface area contributed by atoms with E-state index in [-0.39, 0.29) is 17.6 Å². The molecule has 0 aliphatic heterocycles. The maximum absolute atomic E-state index is 12.9. The van der Waals surface area contributed by atoms with Gasteiger partial charge in [-0.15, -0.1) is 11.8 Å². The lowest BCUT2D eigenvalue weighted by atomic mass is 10.2. The Hall–Kier alpha value is -2.77. The fourth-order valence-corrected chi connectivity index (χ4v) is 4.06. The zero-order chi connectivity index (χ0) is 21.3. The number of carbonyl (C=O) groups is 2. The van der Waals surface area contributed by atoms with Crippen molar-refractivity contribution in [2.45, 2.75) is 24.8 Å². The molecular formula is C23H27N3O3S. The number of carbonyl (C=O) groups excluding carboxylic acids is 2. The van der Waals surface area contributed by atoms with Crippen LogP contribution in [0.2, 0.25) is 0 Å². The molecule has 0 fully saturated rings. The Bertz CT molecular complexity index is 1020. The number of fused-ring (bicyclic) bond motifs is 1. The molecular weight excluding hydrogens is 398 g/mol. The number of aromatic nitrogens is 1. The van der Waals surface area contributed by atoms with Crippen LogP contribution in [-0.2, 0) is 16.1 Å². The predicted octanol–water partition coefficient (Wildman–Crippen LogP) is 4.16. The van der Waals surface area contributed by atoms with E-state index in [1.807, 2.05) is 36.4 Å². The van der Waals surface area contributed by atoms with Crippen LogP contribution in [-0.4, -0.2) is 42.4 Å². The number of methoxy groups -OCH3 is 1. The van der Waals surface area contributed by atoms with Crippen LogP contribution >= 0.6 is 11.8 Å². The molecule has 0 aliphatic rings. The maximum Gasteiger partial charge on any atom is 0.256 e. The van der Waals surface area contributed by atoms with Crippen LogP contribution in [0.1, 0.15) is 23.7 Å². The molecule has 3 aromatic rings. The zero-order valence-electron chi connectivity index (χ0n) is 17.3. The van der Waals surface area contributed by atoms with Crippen LogP contribution in [0.25, 0.3) is 10.9 Å². The third kappa shape index (κ3) is 5.64. The van der Waals surface area contributed by atoms with Gasteiger partial charge >= 0.3 is 0 Å². The van der Waals surface area contributed by atoms with E-state index in [1.54, 1.807) is 13.2 Å². The summed E-state index contributed by atoms with van der Waals surface area (Å²) in [6, 6.07) is 15.3. The summed E-state index contributed by atoms with van der Waals surface area (Å²) < 4.78 is 7.14. The standard InChI is InChI=1S/C23H27N3O3S/c1-3-12-26-13-10-17-15-18(8-9-20(17)26)25-23(28)19-6-4-5-7-21(19)30-16-22(27)24-11-14-29-2/h4-10,13,15H,3,11-12,14,16H2,1-2H3,(H,24,27)(H,25,28). The average molecular weight is 426 g/mol. The number of aryl methyl sites for hydroxylation is 1. The third-order valence-electron chi connectivity index (χ3n) is 4.61. The molecule has 0 bridgehead atoms. The number of thioether (sulfide) groups is 1. The minimum atomic E-state index is -0.190. The van der Waals surface area contributed by atoms with Gasteiger partial charge in [0.2, 0.25) is 5.91 Å². The number of benzene rings is 2. The number of rotatable bonds is 10. The topological polar surface area (TPSA) is 72.4 Å². The van der Waals surface area contributed by atoms with Crippen LogP contribution in [0.5, 0.6) is 0 Å². The first kappa shape index (κ1) is 21.9. The monoisotopic (exact) mass is 425 g/mol. The van der Waals surface area contributed by atoms with Gasteiger partial charge in [0.05, 0.1) is 17.9 Å². The van der Waals surface area contributed by atoms with Gasteiger partial charge in [0.15, 0.2) is 0 Å². The molecule has 2 aromatic carbocycles. The molecule has 0 atom stereocenters. The molecule has 0 radical (unpaired) electrons. The predicted molar refractivity (Wildman–Crippen MR) is 122 cm³/mol. The zero-order valence-corrected chi connectivity index (χ0v) is 18.1. The molecule has 3 rings (SSSR count). The molecule has 30 heavy (non-hydrogen) atoms. The quantitative estimate of drug-likeness (QED) is 0.378. The van der Waals surface area contributed by atoms with Gasteiger partial charge in [0.25, 0.3) is 5.91 Å². The van der Waals surface area contributed by atoms with E-state index in [1.165, 1.54) is 11.8 Å². The molecule has 0 saturated heterocycles. The average Bonchev–Trinajstić information content (AvgIpc) is 3.15. The second kappa shape index (κ2) is 10.8. The lowest BCUT2D eigenvalue weighted by molar-refractivity contribution is -0.118. The molecule has 0 spiro atoms. The molecule has 158 valence electrons. The summed E-state index contributed by atoms with van der Waals surface area (Å²) in [4.78, 5) is 25.6. The Labute approximate surface area is 181 Å². The highest BCUT2D eigenvalue weighted by Gasteiger charge is 2.13. The number of anilines is 1. The Balaban J connectivity index is 1.67. The van der Waals surface area contributed by atoms with Gasteiger partial charge in [-0.2, -0.15) is 0 Å². The molecule has 0 aliphatic carbocycles. The fourth-order valence-electron chi connectivity index (χ4n) is 3.18. The Morgan fingerprint density at radius 2 is 1.97 bits per heavy atom. The molecule has 1 aromatic heterocycles. The molecule has 7 heteroatoms. The maximum atomic E-state index is 12.9. The lowest BCUT2D eigenvalue weighted by Crippen LogP contribution is -2.28. The minimum absolute atomic E-state index is 0.0886. The van der Waals surface area contributed by atoms with Crippen LogP contribution in [0, 0.1) is 0 Å². The minimum Gasteiger partial charge on any atom is -0.383 e. The van der Waals surface area contributed by atoms with E-state index in [4.69, 9.17) is 4.74 Å². The van der Waals surface area contributed by atoms with Crippen LogP contribution in [0.4, 0.5) is 5.69 Å². The summed E-state index contributed by atoms with van der Waals surface area (Å²) in [5.41, 5.74) is 2.46. The van der Waals surface area contributed by atoms with Crippen molar-refractivity contribution in [2.24, 2.45) is 0 Å². The molecule has 1 heterocycles. The highest BCUT2D eigenvalue weighted by molar-refractivity contribution is 8.00. The highest BCUT2D eigenvalue weighted by atomic mass is 32.2. The Morgan fingerprint density at radius 3 is 2.77 bits per heavy atom. The summed E-state index contributed by atoms with van der Waals surface area (Å²) in [5, 5.41) is 6.86. The highest BCUT2D eigenvalue weighted by Crippen LogP contribution is 2.25. The first-order valence-electron chi connectivity index (χ1n) is 10.00. The van der Waals surface area contributed by atoms with Gasteiger partial charge in [0.1, 0.15) is 0 Å². The van der Waals surface area contributed by atoms with Crippen LogP contribution in [0.15, 0.2) is 59.6 Å². The smallest absolute Gasteiger partial charge is 0.256 e. The van der Waals surface area contributed by atoms with Crippen molar-refractivity contribution in [2.75, 3.05) is 31.3 Å². The second-order valence-electron chi connectivity index (χ2n) is 6.86. The second-order valence-corrected chi connectivity index (χ2v) is 7.88. The molecule has 2 amide bonds. The van der Waals surface area contributed by atoms with Crippen molar-refractivity contribution < 1.29 is 14.3 Å². The summed E-state index contributed by atoms with van der Waals surface area (Å²) in [7, 11) is 1.59. The van der Waals surface area contributed by atoms with Crippen LogP contribution in [0.3, 0.4) is 0 Å². The van der Waals surface area contributed by atoms with E-state index >= 15 is 0 Å². The number of hydrogen-bond acceptors (Lipinski definition) is 4. The van der Waals surface area contributed by atoms with Crippen molar-refractivity contribution in [1.82, 2.24) is 9.88 Å². The van der Waals surface area contributed by atoms with Gasteiger partial charge in [-0.05, 0) is 42.8 Å². The van der Waals surface area contributed by atoms with Gasteiger partial charge in [-0.25, -0.2) is 0 Å². The fraction of sp³-hybridized carbons (Fsp3) is 0.304. The first-order chi connectivity index (χ1) is 14.6. The number of amides is 2. The summed E-state index contributed by atoms with van der Waals surface area (Å²) in [5.74, 6) is -0.0372. The van der Waals surface area contributed by atoms with Gasteiger partial charge in [0, 0.05) is 47.9 Å². The van der Waals surface area contributed by atoms with E-state index in [2.05, 4.69) is 34.4 Å². The van der Waals surface area contributed by atoms with Gasteiger partial charge in [-0.1, -0.05) is 19.1 Å². The van der Waals surface area contributed by atoms with Gasteiger partial charge < -0.3 is 19.9 Å². The Morgan fingerprint density at radius 1 is 1.13 bits per heavy atom. The van der Waals surface area contributed by atoms with Gasteiger partial charge in [-0.3, -0.25) is 9.59 Å². The number of nitrogens with one attached hydrogen (secondary N) is 2. The van der Waals surface area contributed by atoms with Crippen molar-refractivity contribution in [3.8, 4) is 0 Å². The Kier molecular flexibility index (Phi) is 7.93. The van der Waals surface area contributed by atoms with E-state index < -0.39 is 0 Å². The van der Waals surface area contributed by atoms with Crippen molar-refractivity contribution in [1.29, 1.82) is 0 Å². The van der Waals surface area contributed by atoms with E-state index in [0.29, 0.717) is 18.7 Å². The SMILES string of the molecule is CCCn1ccc2cc(NC(=O)c3ccccc3SCC(=O)NCCOC)ccc21. The van der Waals surface area contributed by atoms with Crippen molar-refractivity contribution >= 4 is 40.2 Å². The summed E-state index contributed by atoms with van der Waals surface area (Å²) >= 11 is 1.35. The largest absolute Gasteiger partial charge is 0.383 e. The molecule has 0 saturated carbocycles. The summed E-state index contributed by atoms with van der Waals surface area (Å²) in [6.45, 7) is 4.07. The molecule has 0 unspecified atom stereocenters. The lowest BCUT2D eigenvalue weighted by Gasteiger charge is -2.11. The van der Waals surface area contributed by atoms with Crippen molar-refractivity contribution in [3.05, 3.63) is 60.3 Å². The molecule has 6 nitrogen and oxygen atoms in total. The molecule has 2 N–H and O–H groups in total. The van der Waals surface area contributed by atoms with Crippen molar-refractivity contribution in [3.63, 3.8) is 0 Å². The number of ether oxygens (including phenoxy) is 1. The number of nitrogens with zero attached hydrogens (tertiary/aromatic N) is 1. The number of hydrogen-bond donors (Lipinski definition) is 2. The van der Waals surface area contributed by atoms with E-state index in [0.717, 1.165) is 34.5 Å².